The summed E-state index contributed by atoms with van der Waals surface area (Å²) in [6.07, 6.45) is 2.65. The molecule has 9 heteroatoms. The third-order valence-corrected chi connectivity index (χ3v) is 3.58. The second-order valence-electron chi connectivity index (χ2n) is 5.00. The van der Waals surface area contributed by atoms with Crippen LogP contribution < -0.4 is 4.18 Å². The molecule has 2 rings (SSSR count). The number of aryl methyl sites for hydroxylation is 1. The van der Waals surface area contributed by atoms with Gasteiger partial charge < -0.3 is 4.18 Å². The zero-order chi connectivity index (χ0) is 18.6. The summed E-state index contributed by atoms with van der Waals surface area (Å²) in [7, 11) is -5.09. The molecule has 7 nitrogen and oxygen atoms in total. The average molecular weight is 365 g/mol. The van der Waals surface area contributed by atoms with E-state index in [9.17, 15) is 27.2 Å². The van der Waals surface area contributed by atoms with Crippen molar-refractivity contribution in [3.8, 4) is 5.75 Å². The third-order valence-electron chi connectivity index (χ3n) is 3.19. The Morgan fingerprint density at radius 3 is 2.40 bits per heavy atom. The first kappa shape index (κ1) is 18.3. The zero-order valence-corrected chi connectivity index (χ0v) is 13.7. The Hall–Kier alpha value is -3.07. The minimum absolute atomic E-state index is 0.145. The molecule has 0 fully saturated rings. The highest BCUT2D eigenvalue weighted by Gasteiger charge is 2.13. The summed E-state index contributed by atoms with van der Waals surface area (Å²) >= 11 is 0. The normalized spacial score (nSPS) is 11.4. The number of allylic oxidation sites excluding steroid dienone is 1. The Morgan fingerprint density at radius 2 is 1.84 bits per heavy atom. The molecule has 0 aliphatic carbocycles. The first-order valence-corrected chi connectivity index (χ1v) is 8.18. The Balaban J connectivity index is 2.15. The fraction of sp³-hybridized carbons (Fsp3) is 0.0625. The molecule has 0 spiro atoms. The van der Waals surface area contributed by atoms with Gasteiger partial charge in [0.15, 0.2) is 5.78 Å². The summed E-state index contributed by atoms with van der Waals surface area (Å²) in [6.45, 7) is 1.57. The van der Waals surface area contributed by atoms with Crippen LogP contribution in [0.1, 0.15) is 21.5 Å². The molecule has 0 bridgehead atoms. The average Bonchev–Trinajstić information content (AvgIpc) is 2.52. The highest BCUT2D eigenvalue weighted by Crippen LogP contribution is 2.20. The third kappa shape index (κ3) is 5.21. The Labute approximate surface area is 142 Å². The first-order valence-electron chi connectivity index (χ1n) is 6.87. The predicted molar refractivity (Wildman–Crippen MR) is 88.3 cm³/mol. The second-order valence-corrected chi connectivity index (χ2v) is 5.95. The fourth-order valence-electron chi connectivity index (χ4n) is 1.98. The molecule has 2 aromatic carbocycles. The van der Waals surface area contributed by atoms with Crippen LogP contribution in [0.3, 0.4) is 0 Å². The molecule has 0 unspecified atom stereocenters. The smallest absolute Gasteiger partial charge is 0.358 e. The van der Waals surface area contributed by atoms with E-state index in [1.165, 1.54) is 54.6 Å². The van der Waals surface area contributed by atoms with E-state index in [2.05, 4.69) is 4.18 Å². The van der Waals surface area contributed by atoms with Crippen LogP contribution in [0.4, 0.5) is 9.57 Å². The van der Waals surface area contributed by atoms with E-state index in [1.807, 2.05) is 0 Å². The molecule has 0 atom stereocenters. The number of nitro groups is 1. The molecule has 0 N–H and O–H groups in total. The van der Waals surface area contributed by atoms with Crippen LogP contribution in [-0.4, -0.2) is 19.1 Å². The SMILES string of the molecule is Cc1ccc(C(=O)/C=C/c2ccc(OS(=O)(=O)F)cc2)cc1[N+](=O)[O-]. The van der Waals surface area contributed by atoms with E-state index >= 15 is 0 Å². The van der Waals surface area contributed by atoms with Gasteiger partial charge in [-0.15, -0.1) is 0 Å². The van der Waals surface area contributed by atoms with Gasteiger partial charge in [-0.3, -0.25) is 14.9 Å². The summed E-state index contributed by atoms with van der Waals surface area (Å²) in [5, 5.41) is 10.9. The number of ketones is 1. The number of hydrogen-bond acceptors (Lipinski definition) is 6. The topological polar surface area (TPSA) is 104 Å². The highest BCUT2D eigenvalue weighted by atomic mass is 32.3. The minimum atomic E-state index is -5.09. The van der Waals surface area contributed by atoms with Crippen molar-refractivity contribution < 1.29 is 26.2 Å². The molecular weight excluding hydrogens is 353 g/mol. The summed E-state index contributed by atoms with van der Waals surface area (Å²) in [4.78, 5) is 22.4. The summed E-state index contributed by atoms with van der Waals surface area (Å²) < 4.78 is 37.1. The Morgan fingerprint density at radius 1 is 1.20 bits per heavy atom. The Bertz CT molecular complexity index is 951. The van der Waals surface area contributed by atoms with E-state index in [-0.39, 0.29) is 17.0 Å². The van der Waals surface area contributed by atoms with Gasteiger partial charge in [-0.2, -0.15) is 8.42 Å². The van der Waals surface area contributed by atoms with Gasteiger partial charge in [-0.05, 0) is 30.7 Å². The van der Waals surface area contributed by atoms with Crippen LogP contribution in [0.2, 0.25) is 0 Å². The van der Waals surface area contributed by atoms with Crippen molar-refractivity contribution in [2.75, 3.05) is 0 Å². The van der Waals surface area contributed by atoms with Crippen molar-refractivity contribution in [2.24, 2.45) is 0 Å². The number of carbonyl (C=O) groups is 1. The lowest BCUT2D eigenvalue weighted by atomic mass is 10.1. The van der Waals surface area contributed by atoms with Gasteiger partial charge in [0, 0.05) is 17.2 Å². The molecule has 0 aliphatic heterocycles. The van der Waals surface area contributed by atoms with Crippen LogP contribution in [0.5, 0.6) is 5.75 Å². The van der Waals surface area contributed by atoms with Crippen LogP contribution in [0, 0.1) is 17.0 Å². The summed E-state index contributed by atoms with van der Waals surface area (Å²) in [5.74, 6) is -0.644. The van der Waals surface area contributed by atoms with Crippen LogP contribution in [0.15, 0.2) is 48.5 Å². The van der Waals surface area contributed by atoms with Gasteiger partial charge >= 0.3 is 10.5 Å². The molecule has 0 radical (unpaired) electrons. The number of carbonyl (C=O) groups excluding carboxylic acids is 1. The summed E-state index contributed by atoms with van der Waals surface area (Å²) in [6, 6.07) is 9.45. The van der Waals surface area contributed by atoms with Crippen molar-refractivity contribution in [1.29, 1.82) is 0 Å². The van der Waals surface area contributed by atoms with Crippen molar-refractivity contribution in [1.82, 2.24) is 0 Å². The van der Waals surface area contributed by atoms with E-state index in [0.29, 0.717) is 11.1 Å². The number of hydrogen-bond donors (Lipinski definition) is 0. The highest BCUT2D eigenvalue weighted by molar-refractivity contribution is 7.81. The molecule has 0 aliphatic rings. The Kier molecular flexibility index (Phi) is 5.28. The van der Waals surface area contributed by atoms with E-state index in [0.717, 1.165) is 0 Å². The number of rotatable bonds is 6. The van der Waals surface area contributed by atoms with Gasteiger partial charge in [-0.1, -0.05) is 34.2 Å². The molecule has 0 saturated carbocycles. The minimum Gasteiger partial charge on any atom is -0.358 e. The van der Waals surface area contributed by atoms with Gasteiger partial charge in [-0.25, -0.2) is 0 Å². The second kappa shape index (κ2) is 7.22. The predicted octanol–water partition coefficient (Wildman–Crippen LogP) is 3.39. The molecule has 0 amide bonds. The van der Waals surface area contributed by atoms with Gasteiger partial charge in [0.2, 0.25) is 0 Å². The quantitative estimate of drug-likeness (QED) is 0.255. The van der Waals surface area contributed by atoms with Gasteiger partial charge in [0.1, 0.15) is 5.75 Å². The van der Waals surface area contributed by atoms with Crippen LogP contribution >= 0.6 is 0 Å². The lowest BCUT2D eigenvalue weighted by molar-refractivity contribution is -0.385. The van der Waals surface area contributed by atoms with Crippen molar-refractivity contribution >= 4 is 28.1 Å². The maximum absolute atomic E-state index is 12.4. The first-order chi connectivity index (χ1) is 11.7. The van der Waals surface area contributed by atoms with Gasteiger partial charge in [0.05, 0.1) is 4.92 Å². The van der Waals surface area contributed by atoms with Crippen LogP contribution in [0.25, 0.3) is 6.08 Å². The standard InChI is InChI=1S/C16H12FNO6S/c1-11-2-6-13(10-15(11)18(20)21)16(19)9-5-12-3-7-14(8-4-12)24-25(17,22)23/h2-10H,1H3/b9-5+. The number of nitro benzene ring substituents is 1. The molecule has 0 aromatic heterocycles. The molecule has 2 aromatic rings. The zero-order valence-electron chi connectivity index (χ0n) is 12.9. The molecule has 130 valence electrons. The maximum atomic E-state index is 12.4. The fourth-order valence-corrected chi connectivity index (χ4v) is 2.32. The van der Waals surface area contributed by atoms with Crippen molar-refractivity contribution in [3.63, 3.8) is 0 Å². The number of benzene rings is 2. The summed E-state index contributed by atoms with van der Waals surface area (Å²) in [5.41, 5.74) is 0.993. The number of nitrogens with zero attached hydrogens (tertiary/aromatic N) is 1. The van der Waals surface area contributed by atoms with Crippen LogP contribution in [-0.2, 0) is 10.5 Å². The monoisotopic (exact) mass is 365 g/mol. The molecule has 25 heavy (non-hydrogen) atoms. The van der Waals surface area contributed by atoms with Gasteiger partial charge in [0.25, 0.3) is 5.69 Å². The van der Waals surface area contributed by atoms with E-state index in [4.69, 9.17) is 0 Å². The molecule has 0 saturated heterocycles. The van der Waals surface area contributed by atoms with Crippen molar-refractivity contribution in [3.05, 3.63) is 75.3 Å². The van der Waals surface area contributed by atoms with Crippen molar-refractivity contribution in [2.45, 2.75) is 6.92 Å². The lowest BCUT2D eigenvalue weighted by Gasteiger charge is -2.01. The molecular formula is C16H12FNO6S. The molecule has 0 heterocycles. The van der Waals surface area contributed by atoms with E-state index < -0.39 is 21.2 Å². The maximum Gasteiger partial charge on any atom is 0.488 e. The van der Waals surface area contributed by atoms with E-state index in [1.54, 1.807) is 6.92 Å². The number of halogens is 1. The lowest BCUT2D eigenvalue weighted by Crippen LogP contribution is -2.00. The largest absolute Gasteiger partial charge is 0.488 e.